The molecule has 0 atom stereocenters. The third kappa shape index (κ3) is 2.43. The van der Waals surface area contributed by atoms with Gasteiger partial charge in [-0.1, -0.05) is 15.9 Å². The van der Waals surface area contributed by atoms with Crippen LogP contribution < -0.4 is 5.32 Å². The van der Waals surface area contributed by atoms with Crippen molar-refractivity contribution in [3.8, 4) is 0 Å². The standard InChI is InChI=1S/C16H16BrN3/c1-10-6-13(7-11(2)15(10)17)19-8-12-9-20-16-14(12)4-3-5-18-16/h3-7,9,19H,8H2,1-2H3,(H,18,20). The molecular weight excluding hydrogens is 314 g/mol. The second kappa shape index (κ2) is 5.29. The number of benzene rings is 1. The van der Waals surface area contributed by atoms with Crippen LogP contribution in [0.4, 0.5) is 5.69 Å². The van der Waals surface area contributed by atoms with E-state index >= 15 is 0 Å². The predicted octanol–water partition coefficient (Wildman–Crippen LogP) is 4.55. The van der Waals surface area contributed by atoms with E-state index in [1.165, 1.54) is 26.5 Å². The van der Waals surface area contributed by atoms with Crippen molar-refractivity contribution in [2.75, 3.05) is 5.32 Å². The number of H-pyrrole nitrogens is 1. The number of nitrogens with zero attached hydrogens (tertiary/aromatic N) is 1. The summed E-state index contributed by atoms with van der Waals surface area (Å²) in [6, 6.07) is 8.37. The molecule has 4 heteroatoms. The van der Waals surface area contributed by atoms with Crippen molar-refractivity contribution >= 4 is 32.7 Å². The van der Waals surface area contributed by atoms with Gasteiger partial charge in [0.25, 0.3) is 0 Å². The van der Waals surface area contributed by atoms with Crippen LogP contribution in [0.25, 0.3) is 11.0 Å². The molecule has 0 aliphatic carbocycles. The monoisotopic (exact) mass is 329 g/mol. The summed E-state index contributed by atoms with van der Waals surface area (Å²) in [5, 5.41) is 4.65. The lowest BCUT2D eigenvalue weighted by atomic mass is 10.1. The van der Waals surface area contributed by atoms with Crippen molar-refractivity contribution in [1.29, 1.82) is 0 Å². The largest absolute Gasteiger partial charge is 0.381 e. The fourth-order valence-corrected chi connectivity index (χ4v) is 2.63. The molecule has 3 rings (SSSR count). The van der Waals surface area contributed by atoms with Crippen molar-refractivity contribution < 1.29 is 0 Å². The highest BCUT2D eigenvalue weighted by molar-refractivity contribution is 9.10. The van der Waals surface area contributed by atoms with Crippen LogP contribution in [0.2, 0.25) is 0 Å². The first kappa shape index (κ1) is 13.2. The van der Waals surface area contributed by atoms with Gasteiger partial charge in [-0.2, -0.15) is 0 Å². The van der Waals surface area contributed by atoms with E-state index in [1.807, 2.05) is 12.3 Å². The Hall–Kier alpha value is -1.81. The van der Waals surface area contributed by atoms with E-state index in [-0.39, 0.29) is 0 Å². The molecule has 0 aliphatic heterocycles. The molecule has 2 N–H and O–H groups in total. The Balaban J connectivity index is 1.83. The Kier molecular flexibility index (Phi) is 3.49. The zero-order chi connectivity index (χ0) is 14.1. The molecule has 0 radical (unpaired) electrons. The van der Waals surface area contributed by atoms with Gasteiger partial charge in [0.05, 0.1) is 0 Å². The molecule has 3 aromatic rings. The van der Waals surface area contributed by atoms with Crippen molar-refractivity contribution in [2.45, 2.75) is 20.4 Å². The number of aromatic nitrogens is 2. The van der Waals surface area contributed by atoms with Gasteiger partial charge >= 0.3 is 0 Å². The Morgan fingerprint density at radius 2 is 2.00 bits per heavy atom. The number of hydrogen-bond acceptors (Lipinski definition) is 2. The summed E-state index contributed by atoms with van der Waals surface area (Å²) in [7, 11) is 0. The average molecular weight is 330 g/mol. The van der Waals surface area contributed by atoms with Crippen LogP contribution >= 0.6 is 15.9 Å². The lowest BCUT2D eigenvalue weighted by molar-refractivity contribution is 1.15. The number of aromatic amines is 1. The first-order valence-corrected chi connectivity index (χ1v) is 7.36. The minimum absolute atomic E-state index is 0.784. The van der Waals surface area contributed by atoms with Crippen LogP contribution in [-0.2, 0) is 6.54 Å². The highest BCUT2D eigenvalue weighted by atomic mass is 79.9. The third-order valence-electron chi connectivity index (χ3n) is 3.46. The van der Waals surface area contributed by atoms with Crippen molar-refractivity contribution in [3.63, 3.8) is 0 Å². The van der Waals surface area contributed by atoms with E-state index in [4.69, 9.17) is 0 Å². The highest BCUT2D eigenvalue weighted by Crippen LogP contribution is 2.25. The third-order valence-corrected chi connectivity index (χ3v) is 4.71. The molecule has 0 aliphatic rings. The van der Waals surface area contributed by atoms with Crippen molar-refractivity contribution in [2.24, 2.45) is 0 Å². The number of anilines is 1. The summed E-state index contributed by atoms with van der Waals surface area (Å²) in [5.74, 6) is 0. The number of aryl methyl sites for hydroxylation is 2. The zero-order valence-corrected chi connectivity index (χ0v) is 13.1. The minimum Gasteiger partial charge on any atom is -0.381 e. The van der Waals surface area contributed by atoms with Gasteiger partial charge in [-0.25, -0.2) is 4.98 Å². The smallest absolute Gasteiger partial charge is 0.137 e. The molecule has 2 aromatic heterocycles. The maximum Gasteiger partial charge on any atom is 0.137 e. The summed E-state index contributed by atoms with van der Waals surface area (Å²) in [5.41, 5.74) is 5.79. The van der Waals surface area contributed by atoms with Gasteiger partial charge in [0.15, 0.2) is 0 Å². The summed E-state index contributed by atoms with van der Waals surface area (Å²) in [6.45, 7) is 5.00. The lowest BCUT2D eigenvalue weighted by Gasteiger charge is -2.10. The molecule has 0 saturated heterocycles. The topological polar surface area (TPSA) is 40.7 Å². The quantitative estimate of drug-likeness (QED) is 0.739. The average Bonchev–Trinajstić information content (AvgIpc) is 2.85. The number of nitrogens with one attached hydrogen (secondary N) is 2. The molecule has 20 heavy (non-hydrogen) atoms. The van der Waals surface area contributed by atoms with Gasteiger partial charge in [-0.05, 0) is 54.8 Å². The van der Waals surface area contributed by atoms with Gasteiger partial charge in [-0.3, -0.25) is 0 Å². The molecular formula is C16H16BrN3. The summed E-state index contributed by atoms with van der Waals surface area (Å²) in [4.78, 5) is 7.50. The molecule has 0 amide bonds. The maximum absolute atomic E-state index is 4.31. The molecule has 0 unspecified atom stereocenters. The predicted molar refractivity (Wildman–Crippen MR) is 87.0 cm³/mol. The molecule has 102 valence electrons. The maximum atomic E-state index is 4.31. The molecule has 1 aromatic carbocycles. The van der Waals surface area contributed by atoms with Crippen molar-refractivity contribution in [1.82, 2.24) is 9.97 Å². The first-order valence-electron chi connectivity index (χ1n) is 6.57. The number of halogens is 1. The van der Waals surface area contributed by atoms with Gasteiger partial charge in [-0.15, -0.1) is 0 Å². The van der Waals surface area contributed by atoms with Crippen LogP contribution in [0.3, 0.4) is 0 Å². The van der Waals surface area contributed by atoms with E-state index in [0.717, 1.165) is 17.9 Å². The Bertz CT molecular complexity index is 738. The van der Waals surface area contributed by atoms with E-state index in [1.54, 1.807) is 6.20 Å². The molecule has 0 bridgehead atoms. The SMILES string of the molecule is Cc1cc(NCc2c[nH]c3ncccc23)cc(C)c1Br. The fourth-order valence-electron chi connectivity index (χ4n) is 2.40. The number of hydrogen-bond donors (Lipinski definition) is 2. The number of fused-ring (bicyclic) bond motifs is 1. The molecule has 0 spiro atoms. The van der Waals surface area contributed by atoms with Crippen LogP contribution in [0.15, 0.2) is 41.1 Å². The highest BCUT2D eigenvalue weighted by Gasteiger charge is 2.05. The van der Waals surface area contributed by atoms with Crippen LogP contribution in [0, 0.1) is 13.8 Å². The first-order chi connectivity index (χ1) is 9.65. The number of pyridine rings is 1. The van der Waals surface area contributed by atoms with Crippen LogP contribution in [-0.4, -0.2) is 9.97 Å². The lowest BCUT2D eigenvalue weighted by Crippen LogP contribution is -2.00. The summed E-state index contributed by atoms with van der Waals surface area (Å²) < 4.78 is 1.18. The van der Waals surface area contributed by atoms with Crippen LogP contribution in [0.5, 0.6) is 0 Å². The second-order valence-corrected chi connectivity index (χ2v) is 5.78. The van der Waals surface area contributed by atoms with Gasteiger partial charge < -0.3 is 10.3 Å². The molecule has 3 nitrogen and oxygen atoms in total. The second-order valence-electron chi connectivity index (χ2n) is 4.99. The molecule has 2 heterocycles. The van der Waals surface area contributed by atoms with Crippen LogP contribution in [0.1, 0.15) is 16.7 Å². The summed E-state index contributed by atoms with van der Waals surface area (Å²) in [6.07, 6.45) is 3.82. The van der Waals surface area contributed by atoms with Crippen molar-refractivity contribution in [3.05, 3.63) is 57.8 Å². The normalized spacial score (nSPS) is 10.9. The zero-order valence-electron chi connectivity index (χ0n) is 11.5. The molecule has 0 saturated carbocycles. The Morgan fingerprint density at radius 1 is 1.25 bits per heavy atom. The Morgan fingerprint density at radius 3 is 2.75 bits per heavy atom. The Labute approximate surface area is 126 Å². The van der Waals surface area contributed by atoms with Gasteiger partial charge in [0, 0.05) is 34.5 Å². The minimum atomic E-state index is 0.784. The fraction of sp³-hybridized carbons (Fsp3) is 0.188. The molecule has 0 fully saturated rings. The number of rotatable bonds is 3. The van der Waals surface area contributed by atoms with E-state index < -0.39 is 0 Å². The summed E-state index contributed by atoms with van der Waals surface area (Å²) >= 11 is 3.59. The van der Waals surface area contributed by atoms with Gasteiger partial charge in [0.2, 0.25) is 0 Å². The van der Waals surface area contributed by atoms with E-state index in [2.05, 4.69) is 63.3 Å². The van der Waals surface area contributed by atoms with E-state index in [0.29, 0.717) is 0 Å². The van der Waals surface area contributed by atoms with E-state index in [9.17, 15) is 0 Å². The van der Waals surface area contributed by atoms with Gasteiger partial charge in [0.1, 0.15) is 5.65 Å².